The van der Waals surface area contributed by atoms with Gasteiger partial charge >= 0.3 is 0 Å². The number of ether oxygens (including phenoxy) is 1. The van der Waals surface area contributed by atoms with E-state index in [2.05, 4.69) is 48.2 Å². The monoisotopic (exact) mass is 1110 g/mol. The molecule has 8 rings (SSSR count). The van der Waals surface area contributed by atoms with Crippen molar-refractivity contribution in [3.8, 4) is 16.2 Å². The van der Waals surface area contributed by atoms with Crippen LogP contribution in [0.3, 0.4) is 0 Å². The number of aliphatic hydroxyl groups is 1. The van der Waals surface area contributed by atoms with Gasteiger partial charge in [0, 0.05) is 125 Å². The average Bonchev–Trinajstić information content (AvgIpc) is 4.04. The minimum Gasteiger partial charge on any atom is -0.496 e. The maximum atomic E-state index is 14.2. The molecule has 3 aliphatic rings. The van der Waals surface area contributed by atoms with Gasteiger partial charge in [-0.15, -0.1) is 11.3 Å². The van der Waals surface area contributed by atoms with E-state index in [9.17, 15) is 24.1 Å². The molecule has 0 bridgehead atoms. The van der Waals surface area contributed by atoms with E-state index in [-0.39, 0.29) is 37.0 Å². The zero-order valence-electron chi connectivity index (χ0n) is 46.3. The Morgan fingerprint density at radius 2 is 1.64 bits per heavy atom. The van der Waals surface area contributed by atoms with Gasteiger partial charge in [0.2, 0.25) is 11.8 Å². The molecule has 3 saturated heterocycles. The fraction of sp³-hybridized carbons (Fsp3) is 0.533. The number of rotatable bonds is 22. The number of piperidine rings is 1. The van der Waals surface area contributed by atoms with E-state index in [0.29, 0.717) is 48.4 Å². The highest BCUT2D eigenvalue weighted by Gasteiger charge is 2.44. The van der Waals surface area contributed by atoms with Crippen LogP contribution in [0.15, 0.2) is 78.4 Å². The molecule has 77 heavy (non-hydrogen) atoms. The summed E-state index contributed by atoms with van der Waals surface area (Å²) in [4.78, 5) is 65.3. The number of piperazine rings is 1. The first-order valence-electron chi connectivity index (χ1n) is 27.6. The van der Waals surface area contributed by atoms with Crippen LogP contribution >= 0.6 is 30.1 Å². The Hall–Kier alpha value is -5.02. The number of benzene rings is 3. The molecule has 0 saturated carbocycles. The van der Waals surface area contributed by atoms with Gasteiger partial charge in [-0.05, 0) is 80.7 Å². The molecule has 414 valence electrons. The second-order valence-electron chi connectivity index (χ2n) is 22.9. The second kappa shape index (κ2) is 26.3. The van der Waals surface area contributed by atoms with Crippen molar-refractivity contribution in [2.45, 2.75) is 123 Å². The number of aromatic nitrogens is 3. The van der Waals surface area contributed by atoms with E-state index < -0.39 is 30.6 Å². The molecule has 0 spiro atoms. The number of aliphatic hydroxyl groups excluding tert-OH is 1. The number of anilines is 1. The van der Waals surface area contributed by atoms with Crippen molar-refractivity contribution in [1.29, 1.82) is 0 Å². The van der Waals surface area contributed by atoms with Gasteiger partial charge in [0.25, 0.3) is 0 Å². The predicted octanol–water partition coefficient (Wildman–Crippen LogP) is 9.44. The number of Topliss-reactive ketones (excluding diaryl/α,β-unsaturated/α-hetero) is 1. The first kappa shape index (κ1) is 58.1. The molecule has 0 radical (unpaired) electrons. The van der Waals surface area contributed by atoms with Gasteiger partial charge in [0.15, 0.2) is 0 Å². The van der Waals surface area contributed by atoms with Crippen molar-refractivity contribution in [2.24, 2.45) is 11.3 Å². The zero-order chi connectivity index (χ0) is 54.9. The molecule has 0 aliphatic carbocycles. The molecule has 3 aliphatic heterocycles. The molecule has 0 unspecified atom stereocenters. The topological polar surface area (TPSA) is 161 Å². The van der Waals surface area contributed by atoms with E-state index in [0.717, 1.165) is 134 Å². The van der Waals surface area contributed by atoms with E-state index in [1.165, 1.54) is 4.90 Å². The number of likely N-dealkylation sites (tertiary alicyclic amines) is 1. The molecule has 2 N–H and O–H groups in total. The van der Waals surface area contributed by atoms with Gasteiger partial charge in [-0.2, -0.15) is 0 Å². The Balaban J connectivity index is 0.719. The van der Waals surface area contributed by atoms with Crippen molar-refractivity contribution in [1.82, 2.24) is 35.0 Å². The summed E-state index contributed by atoms with van der Waals surface area (Å²) in [6.45, 7) is 19.2. The SMILES string of the molecule is COc1cc(N2CCC(N3CCN(CCCCCCC(=O)C[C@H](C(=O)N4C[C@H](O)C[C@H]4C(=O)NCc4ccc(-c5scnc5C)cc4)C(C)(C)C)CC3)CC2)ccc1Cc1ncc(Cl)c(Cc2ccccc2P(C)(C)=O)n1. The molecule has 5 heterocycles. The van der Waals surface area contributed by atoms with Crippen molar-refractivity contribution >= 4 is 58.7 Å². The highest BCUT2D eigenvalue weighted by atomic mass is 35.5. The number of hydrogen-bond acceptors (Lipinski definition) is 13. The van der Waals surface area contributed by atoms with Crippen LogP contribution in [0, 0.1) is 18.3 Å². The van der Waals surface area contributed by atoms with Crippen LogP contribution in [0.2, 0.25) is 5.02 Å². The summed E-state index contributed by atoms with van der Waals surface area (Å²) in [5.74, 6) is 0.427. The standard InChI is InChI=1S/C60H80ClN8O6PS/c1-41-57(77-40-64-41)43-19-17-42(18-20-43)37-63-58(72)53-36-49(71)39-69(53)59(73)50(60(2,3)4)35-48(70)15-10-8-9-13-25-66-28-30-68(31-29-66)46-23-26-67(27-24-46)47-22-21-44(54(34-47)75-5)33-56-62-38-51(61)52(65-56)32-45-14-11-12-16-55(45)76(6,7)74/h11-12,14,16-22,34,38,40,46,49-50,53,71H,8-10,13,15,23-33,35-37,39H2,1-7H3,(H,63,72)/t49-,50-,53+/m1/s1. The molecule has 3 fully saturated rings. The summed E-state index contributed by atoms with van der Waals surface area (Å²) in [5.41, 5.74) is 8.18. The number of unbranched alkanes of at least 4 members (excludes halogenated alkanes) is 3. The number of carbonyl (C=O) groups is 3. The van der Waals surface area contributed by atoms with Crippen molar-refractivity contribution in [3.63, 3.8) is 0 Å². The van der Waals surface area contributed by atoms with E-state index in [4.69, 9.17) is 21.3 Å². The quantitative estimate of drug-likeness (QED) is 0.0500. The van der Waals surface area contributed by atoms with Gasteiger partial charge in [-0.3, -0.25) is 19.3 Å². The maximum Gasteiger partial charge on any atom is 0.243 e. The van der Waals surface area contributed by atoms with Crippen LogP contribution in [0.25, 0.3) is 10.4 Å². The fourth-order valence-electron chi connectivity index (χ4n) is 11.4. The molecule has 14 nitrogen and oxygen atoms in total. The molecule has 2 amide bonds. The largest absolute Gasteiger partial charge is 0.496 e. The Kier molecular flexibility index (Phi) is 19.9. The third-order valence-electron chi connectivity index (χ3n) is 15.9. The van der Waals surface area contributed by atoms with Crippen LogP contribution in [0.1, 0.15) is 112 Å². The lowest BCUT2D eigenvalue weighted by molar-refractivity contribution is -0.146. The third-order valence-corrected chi connectivity index (χ3v) is 18.8. The summed E-state index contributed by atoms with van der Waals surface area (Å²) in [6, 6.07) is 22.1. The summed E-state index contributed by atoms with van der Waals surface area (Å²) in [7, 11) is -0.766. The molecule has 3 atom stereocenters. The Morgan fingerprint density at radius 1 is 0.909 bits per heavy atom. The molecular formula is C60H80ClN8O6PS. The lowest BCUT2D eigenvalue weighted by Crippen LogP contribution is -2.53. The average molecular weight is 1110 g/mol. The molecular weight excluding hydrogens is 1030 g/mol. The van der Waals surface area contributed by atoms with Gasteiger partial charge < -0.3 is 34.4 Å². The van der Waals surface area contributed by atoms with Crippen LogP contribution in [0.5, 0.6) is 5.75 Å². The highest BCUT2D eigenvalue weighted by Crippen LogP contribution is 2.38. The summed E-state index contributed by atoms with van der Waals surface area (Å²) >= 11 is 8.19. The lowest BCUT2D eigenvalue weighted by atomic mass is 9.76. The van der Waals surface area contributed by atoms with Gasteiger partial charge in [0.05, 0.1) is 40.0 Å². The zero-order valence-corrected chi connectivity index (χ0v) is 48.8. The minimum atomic E-state index is -2.48. The number of β-amino-alcohol motifs (C(OH)–C–C–N with tert-alkyl or cyclic N) is 1. The van der Waals surface area contributed by atoms with Gasteiger partial charge in [-0.1, -0.05) is 99.8 Å². The molecule has 5 aromatic rings. The number of ketones is 1. The van der Waals surface area contributed by atoms with Crippen LogP contribution in [0.4, 0.5) is 5.69 Å². The smallest absolute Gasteiger partial charge is 0.243 e. The second-order valence-corrected chi connectivity index (χ2v) is 27.4. The van der Waals surface area contributed by atoms with Crippen LogP contribution in [-0.2, 0) is 38.3 Å². The van der Waals surface area contributed by atoms with Crippen molar-refractivity contribution in [2.75, 3.05) is 77.7 Å². The van der Waals surface area contributed by atoms with E-state index >= 15 is 0 Å². The van der Waals surface area contributed by atoms with Gasteiger partial charge in [-0.25, -0.2) is 15.0 Å². The summed E-state index contributed by atoms with van der Waals surface area (Å²) in [6.07, 6.45) is 8.75. The Morgan fingerprint density at radius 3 is 2.32 bits per heavy atom. The van der Waals surface area contributed by atoms with Crippen molar-refractivity contribution in [3.05, 3.63) is 117 Å². The number of carbonyl (C=O) groups excluding carboxylic acids is 3. The first-order chi connectivity index (χ1) is 36.8. The molecule has 3 aromatic carbocycles. The normalized spacial score (nSPS) is 18.4. The van der Waals surface area contributed by atoms with E-state index in [1.54, 1.807) is 38.0 Å². The number of nitrogens with one attached hydrogen (secondary N) is 1. The lowest BCUT2D eigenvalue weighted by Gasteiger charge is -2.43. The van der Waals surface area contributed by atoms with Crippen LogP contribution < -0.4 is 20.3 Å². The number of aryl methyl sites for hydroxylation is 1. The maximum absolute atomic E-state index is 14.2. The van der Waals surface area contributed by atoms with Gasteiger partial charge in [0.1, 0.15) is 30.5 Å². The predicted molar refractivity (Wildman–Crippen MR) is 310 cm³/mol. The number of amides is 2. The number of methoxy groups -OCH3 is 1. The first-order valence-corrected chi connectivity index (χ1v) is 31.5. The minimum absolute atomic E-state index is 0.0772. The van der Waals surface area contributed by atoms with E-state index in [1.807, 2.05) is 81.7 Å². The van der Waals surface area contributed by atoms with Crippen LogP contribution in [-0.4, -0.2) is 143 Å². The molecule has 2 aromatic heterocycles. The number of nitrogens with zero attached hydrogens (tertiary/aromatic N) is 7. The number of thiazole rings is 1. The molecule has 17 heteroatoms. The highest BCUT2D eigenvalue weighted by molar-refractivity contribution is 7.70. The summed E-state index contributed by atoms with van der Waals surface area (Å²) < 4.78 is 18.9. The number of halogens is 1. The Bertz CT molecular complexity index is 2850. The summed E-state index contributed by atoms with van der Waals surface area (Å²) in [5, 5.41) is 15.0. The Labute approximate surface area is 465 Å². The van der Waals surface area contributed by atoms with Crippen molar-refractivity contribution < 1.29 is 28.8 Å². The fourth-order valence-corrected chi connectivity index (χ4v) is 13.6. The third kappa shape index (κ3) is 15.4. The number of hydrogen-bond donors (Lipinski definition) is 2.